The van der Waals surface area contributed by atoms with Crippen LogP contribution in [-0.4, -0.2) is 147 Å². The first-order valence-corrected chi connectivity index (χ1v) is 14.9. The summed E-state index contributed by atoms with van der Waals surface area (Å²) in [6.45, 7) is 1.02. The van der Waals surface area contributed by atoms with E-state index in [0.29, 0.717) is 0 Å². The van der Waals surface area contributed by atoms with Crippen LogP contribution in [0.25, 0.3) is 0 Å². The first-order chi connectivity index (χ1) is 20.0. The molecule has 4 aliphatic rings. The average molecular weight is 610 g/mol. The van der Waals surface area contributed by atoms with Gasteiger partial charge >= 0.3 is 5.97 Å². The van der Waals surface area contributed by atoms with Crippen LogP contribution in [0, 0.1) is 5.92 Å². The molecule has 244 valence electrons. The maximum absolute atomic E-state index is 12.1. The van der Waals surface area contributed by atoms with Gasteiger partial charge in [0.05, 0.1) is 24.9 Å². The number of rotatable bonds is 11. The molecule has 4 fully saturated rings. The fraction of sp³-hybridized carbons (Fsp3) is 0.963. The Balaban J connectivity index is 1.49. The van der Waals surface area contributed by atoms with Crippen molar-refractivity contribution in [1.82, 2.24) is 0 Å². The molecule has 0 aromatic rings. The lowest BCUT2D eigenvalue weighted by Gasteiger charge is -2.47. The number of aliphatic carboxylic acids is 1. The van der Waals surface area contributed by atoms with Crippen LogP contribution in [-0.2, 0) is 33.2 Å². The van der Waals surface area contributed by atoms with E-state index in [0.717, 1.165) is 32.1 Å². The van der Waals surface area contributed by atoms with Crippen molar-refractivity contribution in [2.45, 2.75) is 138 Å². The van der Waals surface area contributed by atoms with E-state index in [9.17, 15) is 40.5 Å². The number of hydrogen-bond acceptors (Lipinski definition) is 14. The number of nitrogens with two attached hydrogens (primary N) is 1. The maximum Gasteiger partial charge on any atom is 0.332 e. The second kappa shape index (κ2) is 15.3. The molecular formula is C27H47NO14. The lowest BCUT2D eigenvalue weighted by atomic mass is 9.85. The van der Waals surface area contributed by atoms with Crippen LogP contribution >= 0.6 is 0 Å². The Hall–Kier alpha value is -1.05. The smallest absolute Gasteiger partial charge is 0.332 e. The molecule has 9 N–H and O–H groups in total. The van der Waals surface area contributed by atoms with Gasteiger partial charge in [-0.25, -0.2) is 4.79 Å². The number of aliphatic hydroxyl groups excluding tert-OH is 6. The van der Waals surface area contributed by atoms with Crippen LogP contribution in [0.15, 0.2) is 0 Å². The summed E-state index contributed by atoms with van der Waals surface area (Å²) in [5.41, 5.74) is 5.90. The topological polar surface area (TPSA) is 240 Å². The molecule has 3 saturated heterocycles. The summed E-state index contributed by atoms with van der Waals surface area (Å²) in [4.78, 5) is 12.1. The number of ether oxygens (including phenoxy) is 6. The summed E-state index contributed by atoms with van der Waals surface area (Å²) < 4.78 is 34.9. The Labute approximate surface area is 244 Å². The molecule has 0 unspecified atom stereocenters. The molecule has 3 aliphatic heterocycles. The van der Waals surface area contributed by atoms with Gasteiger partial charge in [-0.1, -0.05) is 32.1 Å². The zero-order valence-corrected chi connectivity index (χ0v) is 23.8. The second-order valence-corrected chi connectivity index (χ2v) is 11.8. The molecular weight excluding hydrogens is 562 g/mol. The highest BCUT2D eigenvalue weighted by molar-refractivity contribution is 5.72. The van der Waals surface area contributed by atoms with Crippen molar-refractivity contribution in [3.05, 3.63) is 0 Å². The standard InChI is InChI=1S/C27H47NO14/c1-12-18(30)20(32)21(33)26(38-12)42-23-14(7-8-37-16(23)10-28)40-27-22(34)24(19(31)17(11-29)41-27)39-15(25(35)36)9-13-5-3-2-4-6-13/h12-24,26-27,29-34H,2-11,28H2,1H3,(H,35,36)/t12-,14+,15+,16-,17+,18+,19-,20-,21+,22-,23-,24+,26-,27+/m1/s1. The summed E-state index contributed by atoms with van der Waals surface area (Å²) in [6, 6.07) is 0. The molecule has 15 nitrogen and oxygen atoms in total. The minimum Gasteiger partial charge on any atom is -0.479 e. The monoisotopic (exact) mass is 609 g/mol. The van der Waals surface area contributed by atoms with Gasteiger partial charge in [-0.2, -0.15) is 0 Å². The van der Waals surface area contributed by atoms with Crippen LogP contribution in [0.3, 0.4) is 0 Å². The Morgan fingerprint density at radius 2 is 1.55 bits per heavy atom. The summed E-state index contributed by atoms with van der Waals surface area (Å²) >= 11 is 0. The van der Waals surface area contributed by atoms with E-state index < -0.39 is 98.4 Å². The Morgan fingerprint density at radius 1 is 0.857 bits per heavy atom. The van der Waals surface area contributed by atoms with Crippen LogP contribution in [0.4, 0.5) is 0 Å². The van der Waals surface area contributed by atoms with Crippen LogP contribution < -0.4 is 5.73 Å². The van der Waals surface area contributed by atoms with Gasteiger partial charge < -0.3 is 69.9 Å². The summed E-state index contributed by atoms with van der Waals surface area (Å²) in [5, 5.41) is 72.6. The molecule has 0 bridgehead atoms. The third kappa shape index (κ3) is 7.77. The number of carboxylic acids is 1. The number of carbonyl (C=O) groups is 1. The number of carboxylic acid groups (broad SMARTS) is 1. The summed E-state index contributed by atoms with van der Waals surface area (Å²) in [5.74, 6) is -1.08. The third-order valence-corrected chi connectivity index (χ3v) is 8.80. The van der Waals surface area contributed by atoms with E-state index in [-0.39, 0.29) is 31.9 Å². The van der Waals surface area contributed by atoms with Gasteiger partial charge in [-0.05, 0) is 25.7 Å². The molecule has 15 heteroatoms. The van der Waals surface area contributed by atoms with E-state index in [2.05, 4.69) is 0 Å². The van der Waals surface area contributed by atoms with Gasteiger partial charge in [-0.15, -0.1) is 0 Å². The zero-order valence-electron chi connectivity index (χ0n) is 23.8. The predicted octanol–water partition coefficient (Wildman–Crippen LogP) is -2.42. The lowest BCUT2D eigenvalue weighted by Crippen LogP contribution is -2.64. The first kappa shape index (κ1) is 33.8. The highest BCUT2D eigenvalue weighted by Crippen LogP contribution is 2.34. The molecule has 14 atom stereocenters. The summed E-state index contributed by atoms with van der Waals surface area (Å²) in [6.07, 6.45) is -12.7. The molecule has 1 saturated carbocycles. The van der Waals surface area contributed by atoms with E-state index >= 15 is 0 Å². The molecule has 1 aliphatic carbocycles. The second-order valence-electron chi connectivity index (χ2n) is 11.8. The van der Waals surface area contributed by atoms with E-state index in [1.165, 1.54) is 6.92 Å². The molecule has 42 heavy (non-hydrogen) atoms. The largest absolute Gasteiger partial charge is 0.479 e. The van der Waals surface area contributed by atoms with Crippen LogP contribution in [0.1, 0.15) is 51.9 Å². The average Bonchev–Trinajstić information content (AvgIpc) is 2.98. The van der Waals surface area contributed by atoms with Gasteiger partial charge in [0.25, 0.3) is 0 Å². The zero-order chi connectivity index (χ0) is 30.6. The molecule has 3 heterocycles. The van der Waals surface area contributed by atoms with Crippen molar-refractivity contribution in [3.8, 4) is 0 Å². The molecule has 0 aromatic carbocycles. The molecule has 0 amide bonds. The van der Waals surface area contributed by atoms with Gasteiger partial charge in [-0.3, -0.25) is 0 Å². The first-order valence-electron chi connectivity index (χ1n) is 14.9. The van der Waals surface area contributed by atoms with E-state index in [1.807, 2.05) is 0 Å². The predicted molar refractivity (Wildman–Crippen MR) is 141 cm³/mol. The number of aliphatic hydroxyl groups is 6. The Morgan fingerprint density at radius 3 is 2.19 bits per heavy atom. The van der Waals surface area contributed by atoms with Gasteiger partial charge in [0.1, 0.15) is 48.8 Å². The quantitative estimate of drug-likeness (QED) is 0.122. The van der Waals surface area contributed by atoms with Crippen molar-refractivity contribution >= 4 is 5.97 Å². The molecule has 4 rings (SSSR count). The van der Waals surface area contributed by atoms with E-state index in [4.69, 9.17) is 34.2 Å². The Bertz CT molecular complexity index is 848. The van der Waals surface area contributed by atoms with E-state index in [1.54, 1.807) is 0 Å². The van der Waals surface area contributed by atoms with Gasteiger partial charge in [0.2, 0.25) is 0 Å². The maximum atomic E-state index is 12.1. The van der Waals surface area contributed by atoms with Crippen molar-refractivity contribution in [2.75, 3.05) is 19.8 Å². The van der Waals surface area contributed by atoms with Gasteiger partial charge in [0.15, 0.2) is 18.7 Å². The van der Waals surface area contributed by atoms with Crippen LogP contribution in [0.2, 0.25) is 0 Å². The van der Waals surface area contributed by atoms with Crippen molar-refractivity contribution in [3.63, 3.8) is 0 Å². The normalized spacial score (nSPS) is 44.5. The van der Waals surface area contributed by atoms with Gasteiger partial charge in [0, 0.05) is 13.2 Å². The molecule has 0 aromatic heterocycles. The number of hydrogen-bond donors (Lipinski definition) is 8. The third-order valence-electron chi connectivity index (χ3n) is 8.80. The van der Waals surface area contributed by atoms with Crippen molar-refractivity contribution in [2.24, 2.45) is 11.7 Å². The summed E-state index contributed by atoms with van der Waals surface area (Å²) in [7, 11) is 0. The SMILES string of the molecule is C[C@H]1O[C@H](O[C@@H]2[C@@H](O[C@H]3O[C@@H](CO)[C@@H](O)[C@H](O[C@@H](CC4CCCCC4)C(=O)O)[C@H]3O)CCO[C@@H]2CN)[C@@H](O)[C@H](O)[C@H]1O. The fourth-order valence-electron chi connectivity index (χ4n) is 6.27. The van der Waals surface area contributed by atoms with Crippen molar-refractivity contribution < 1.29 is 69.0 Å². The Kier molecular flexibility index (Phi) is 12.3. The fourth-order valence-corrected chi connectivity index (χ4v) is 6.27. The molecule has 0 radical (unpaired) electrons. The molecule has 0 spiro atoms. The van der Waals surface area contributed by atoms with Crippen molar-refractivity contribution in [1.29, 1.82) is 0 Å². The highest BCUT2D eigenvalue weighted by atomic mass is 16.7. The lowest BCUT2D eigenvalue weighted by molar-refractivity contribution is -0.355. The highest BCUT2D eigenvalue weighted by Gasteiger charge is 2.51. The minimum atomic E-state index is -1.65. The minimum absolute atomic E-state index is 0.0205. The van der Waals surface area contributed by atoms with Crippen LogP contribution in [0.5, 0.6) is 0 Å².